The third-order valence-corrected chi connectivity index (χ3v) is 5.29. The van der Waals surface area contributed by atoms with E-state index in [2.05, 4.69) is 30.5 Å². The number of benzene rings is 2. The van der Waals surface area contributed by atoms with Gasteiger partial charge in [0.05, 0.1) is 17.4 Å². The second-order valence-electron chi connectivity index (χ2n) is 8.05. The van der Waals surface area contributed by atoms with E-state index in [1.54, 1.807) is 18.5 Å². The topological polar surface area (TPSA) is 84.4 Å². The van der Waals surface area contributed by atoms with Gasteiger partial charge >= 0.3 is 0 Å². The molecule has 33 heavy (non-hydrogen) atoms. The predicted molar refractivity (Wildman–Crippen MR) is 130 cm³/mol. The van der Waals surface area contributed by atoms with Crippen molar-refractivity contribution >= 4 is 45.6 Å². The van der Waals surface area contributed by atoms with Crippen LogP contribution in [0.1, 0.15) is 0 Å². The van der Waals surface area contributed by atoms with Gasteiger partial charge in [0.15, 0.2) is 11.5 Å². The maximum absolute atomic E-state index is 6.11. The Kier molecular flexibility index (Phi) is 5.85. The van der Waals surface area contributed by atoms with E-state index in [4.69, 9.17) is 21.1 Å². The Morgan fingerprint density at radius 1 is 1.00 bits per heavy atom. The van der Waals surface area contributed by atoms with Gasteiger partial charge in [0.25, 0.3) is 0 Å². The summed E-state index contributed by atoms with van der Waals surface area (Å²) >= 11 is 6.11. The summed E-state index contributed by atoms with van der Waals surface area (Å²) < 4.78 is 11.9. The minimum absolute atomic E-state index is 0.0167. The Labute approximate surface area is 196 Å². The summed E-state index contributed by atoms with van der Waals surface area (Å²) in [5.74, 6) is 2.53. The predicted octanol–water partition coefficient (Wildman–Crippen LogP) is 4.87. The number of nitrogens with zero attached hydrogens (tertiary/aromatic N) is 4. The summed E-state index contributed by atoms with van der Waals surface area (Å²) in [7, 11) is 4.02. The van der Waals surface area contributed by atoms with Crippen molar-refractivity contribution in [1.82, 2.24) is 19.9 Å². The van der Waals surface area contributed by atoms with E-state index in [0.29, 0.717) is 29.1 Å². The number of nitrogens with one attached hydrogen (secondary N) is 2. The quantitative estimate of drug-likeness (QED) is 0.420. The van der Waals surface area contributed by atoms with E-state index in [1.165, 1.54) is 0 Å². The molecule has 0 amide bonds. The number of pyridine rings is 1. The first-order valence-electron chi connectivity index (χ1n) is 10.5. The van der Waals surface area contributed by atoms with Gasteiger partial charge in [-0.3, -0.25) is 4.98 Å². The van der Waals surface area contributed by atoms with Crippen molar-refractivity contribution < 1.29 is 9.47 Å². The number of fused-ring (bicyclic) bond motifs is 2. The van der Waals surface area contributed by atoms with Crippen molar-refractivity contribution in [2.45, 2.75) is 6.10 Å². The van der Waals surface area contributed by atoms with Crippen molar-refractivity contribution in [2.24, 2.45) is 0 Å². The maximum Gasteiger partial charge on any atom is 0.229 e. The molecular formula is C24H23ClN6O2. The van der Waals surface area contributed by atoms with Crippen LogP contribution >= 0.6 is 11.6 Å². The van der Waals surface area contributed by atoms with Gasteiger partial charge in [-0.2, -0.15) is 4.98 Å². The summed E-state index contributed by atoms with van der Waals surface area (Å²) in [5.41, 5.74) is 2.49. The van der Waals surface area contributed by atoms with Gasteiger partial charge in [0, 0.05) is 34.9 Å². The molecule has 0 saturated heterocycles. The monoisotopic (exact) mass is 462 g/mol. The van der Waals surface area contributed by atoms with Crippen LogP contribution in [-0.2, 0) is 0 Å². The fourth-order valence-corrected chi connectivity index (χ4v) is 3.81. The molecule has 0 fully saturated rings. The minimum atomic E-state index is -0.0167. The average molecular weight is 463 g/mol. The van der Waals surface area contributed by atoms with Gasteiger partial charge < -0.3 is 25.0 Å². The van der Waals surface area contributed by atoms with Gasteiger partial charge in [-0.1, -0.05) is 11.6 Å². The van der Waals surface area contributed by atoms with Gasteiger partial charge in [-0.25, -0.2) is 4.98 Å². The molecule has 0 saturated carbocycles. The molecule has 168 valence electrons. The zero-order valence-corrected chi connectivity index (χ0v) is 19.0. The number of hydrogen-bond acceptors (Lipinski definition) is 8. The summed E-state index contributed by atoms with van der Waals surface area (Å²) in [6.07, 6.45) is 3.43. The van der Waals surface area contributed by atoms with Gasteiger partial charge in [0.1, 0.15) is 18.5 Å². The molecule has 0 bridgehead atoms. The average Bonchev–Trinajstić information content (AvgIpc) is 2.78. The highest BCUT2D eigenvalue weighted by Crippen LogP contribution is 2.35. The summed E-state index contributed by atoms with van der Waals surface area (Å²) in [6.45, 7) is 1.31. The van der Waals surface area contributed by atoms with Crippen molar-refractivity contribution in [1.29, 1.82) is 0 Å². The summed E-state index contributed by atoms with van der Waals surface area (Å²) in [4.78, 5) is 15.4. The molecule has 3 heterocycles. The standard InChI is InChI=1S/C24H23ClN6O2/c1-31(2)13-19-14-32-21-6-4-17(11-22(21)33-19)29-24-26-8-7-23(30-24)28-18-10-15-9-16(25)3-5-20(15)27-12-18/h3-12,19H,13-14H2,1-2H3,(H2,26,28,29,30). The number of ether oxygens (including phenoxy) is 2. The van der Waals surface area contributed by atoms with Crippen LogP contribution < -0.4 is 20.1 Å². The largest absolute Gasteiger partial charge is 0.486 e. The lowest BCUT2D eigenvalue weighted by molar-refractivity contribution is 0.0711. The summed E-state index contributed by atoms with van der Waals surface area (Å²) in [6, 6.07) is 15.1. The molecule has 0 radical (unpaired) electrons. The molecule has 1 aliphatic rings. The van der Waals surface area contributed by atoms with Crippen LogP contribution in [0, 0.1) is 0 Å². The van der Waals surface area contributed by atoms with E-state index < -0.39 is 0 Å². The minimum Gasteiger partial charge on any atom is -0.486 e. The third kappa shape index (κ3) is 5.08. The van der Waals surface area contributed by atoms with Crippen molar-refractivity contribution in [3.63, 3.8) is 0 Å². The third-order valence-electron chi connectivity index (χ3n) is 5.06. The maximum atomic E-state index is 6.11. The first-order chi connectivity index (χ1) is 16.0. The Bertz CT molecular complexity index is 1300. The van der Waals surface area contributed by atoms with E-state index in [1.807, 2.05) is 56.6 Å². The number of likely N-dealkylation sites (N-methyl/N-ethyl adjacent to an activating group) is 1. The lowest BCUT2D eigenvalue weighted by Crippen LogP contribution is -2.37. The molecular weight excluding hydrogens is 440 g/mol. The van der Waals surface area contributed by atoms with E-state index in [0.717, 1.165) is 34.6 Å². The van der Waals surface area contributed by atoms with Gasteiger partial charge in [-0.05, 0) is 56.6 Å². The molecule has 2 aromatic heterocycles. The SMILES string of the molecule is CN(C)CC1COc2ccc(Nc3nccc(Nc4cnc5ccc(Cl)cc5c4)n3)cc2O1. The van der Waals surface area contributed by atoms with E-state index in [-0.39, 0.29) is 6.10 Å². The van der Waals surface area contributed by atoms with Crippen LogP contribution in [0.2, 0.25) is 5.02 Å². The van der Waals surface area contributed by atoms with E-state index in [9.17, 15) is 0 Å². The lowest BCUT2D eigenvalue weighted by atomic mass is 10.2. The molecule has 1 unspecified atom stereocenters. The molecule has 9 heteroatoms. The first kappa shape index (κ1) is 21.2. The number of hydrogen-bond donors (Lipinski definition) is 2. The molecule has 5 rings (SSSR count). The fraction of sp³-hybridized carbons (Fsp3) is 0.208. The Balaban J connectivity index is 1.31. The number of aromatic nitrogens is 3. The van der Waals surface area contributed by atoms with Crippen LogP contribution in [0.15, 0.2) is 60.9 Å². The highest BCUT2D eigenvalue weighted by Gasteiger charge is 2.22. The number of rotatable bonds is 6. The molecule has 4 aromatic rings. The Hall–Kier alpha value is -3.62. The van der Waals surface area contributed by atoms with Crippen LogP contribution in [0.25, 0.3) is 10.9 Å². The van der Waals surface area contributed by atoms with Crippen molar-refractivity contribution in [3.05, 3.63) is 65.9 Å². The zero-order valence-electron chi connectivity index (χ0n) is 18.2. The second kappa shape index (κ2) is 9.09. The van der Waals surface area contributed by atoms with Crippen LogP contribution in [-0.4, -0.2) is 53.2 Å². The molecule has 1 atom stereocenters. The van der Waals surface area contributed by atoms with Gasteiger partial charge in [0.2, 0.25) is 5.95 Å². The highest BCUT2D eigenvalue weighted by molar-refractivity contribution is 6.31. The molecule has 0 aliphatic carbocycles. The van der Waals surface area contributed by atoms with Gasteiger partial charge in [-0.15, -0.1) is 0 Å². The second-order valence-corrected chi connectivity index (χ2v) is 8.49. The molecule has 2 N–H and O–H groups in total. The van der Waals surface area contributed by atoms with E-state index >= 15 is 0 Å². The lowest BCUT2D eigenvalue weighted by Gasteiger charge is -2.28. The highest BCUT2D eigenvalue weighted by atomic mass is 35.5. The van der Waals surface area contributed by atoms with Crippen molar-refractivity contribution in [2.75, 3.05) is 37.9 Å². The Morgan fingerprint density at radius 2 is 1.91 bits per heavy atom. The molecule has 2 aromatic carbocycles. The van der Waals surface area contributed by atoms with Crippen LogP contribution in [0.3, 0.4) is 0 Å². The van der Waals surface area contributed by atoms with Crippen molar-refractivity contribution in [3.8, 4) is 11.5 Å². The van der Waals surface area contributed by atoms with Crippen LogP contribution in [0.5, 0.6) is 11.5 Å². The molecule has 1 aliphatic heterocycles. The Morgan fingerprint density at radius 3 is 2.79 bits per heavy atom. The van der Waals surface area contributed by atoms with Crippen LogP contribution in [0.4, 0.5) is 23.1 Å². The number of anilines is 4. The zero-order chi connectivity index (χ0) is 22.8. The first-order valence-corrected chi connectivity index (χ1v) is 10.9. The normalized spacial score (nSPS) is 15.0. The number of halogens is 1. The smallest absolute Gasteiger partial charge is 0.229 e. The fourth-order valence-electron chi connectivity index (χ4n) is 3.63. The molecule has 0 spiro atoms. The summed E-state index contributed by atoms with van der Waals surface area (Å²) in [5, 5.41) is 8.12. The molecule has 8 nitrogen and oxygen atoms in total.